The lowest BCUT2D eigenvalue weighted by atomic mass is 9.94. The van der Waals surface area contributed by atoms with E-state index >= 15 is 0 Å². The average Bonchev–Trinajstić information content (AvgIpc) is 2.88. The minimum absolute atomic E-state index is 0.0409. The number of rotatable bonds is 9. The van der Waals surface area contributed by atoms with Gasteiger partial charge in [0.15, 0.2) is 0 Å². The molecular formula is C14H24N4O3. The first-order valence-electron chi connectivity index (χ1n) is 7.18. The minimum Gasteiger partial charge on any atom is -0.481 e. The standard InChI is InChI=1S/C14H24N4O3/c1-10(2)5-11(6-13(19)20)7-17-14(21)16-4-3-12-8-15-9-18-12/h8-11H,3-7H2,1-2H3,(H,15,18)(H,19,20)(H2,16,17,21). The molecule has 2 amide bonds. The van der Waals surface area contributed by atoms with Crippen molar-refractivity contribution in [2.75, 3.05) is 13.1 Å². The van der Waals surface area contributed by atoms with Crippen LogP contribution < -0.4 is 10.6 Å². The number of nitrogens with zero attached hydrogens (tertiary/aromatic N) is 1. The van der Waals surface area contributed by atoms with Gasteiger partial charge in [0.05, 0.1) is 6.33 Å². The molecule has 0 saturated carbocycles. The number of H-pyrrole nitrogens is 1. The van der Waals surface area contributed by atoms with Crippen LogP contribution in [0.25, 0.3) is 0 Å². The Morgan fingerprint density at radius 1 is 1.38 bits per heavy atom. The smallest absolute Gasteiger partial charge is 0.314 e. The number of carboxylic acid groups (broad SMARTS) is 1. The molecule has 7 heteroatoms. The molecule has 7 nitrogen and oxygen atoms in total. The lowest BCUT2D eigenvalue weighted by molar-refractivity contribution is -0.138. The van der Waals surface area contributed by atoms with Gasteiger partial charge in [-0.2, -0.15) is 0 Å². The minimum atomic E-state index is -0.831. The first-order chi connectivity index (χ1) is 9.97. The number of hydrogen-bond donors (Lipinski definition) is 4. The molecule has 4 N–H and O–H groups in total. The van der Waals surface area contributed by atoms with Crippen molar-refractivity contribution in [1.82, 2.24) is 20.6 Å². The van der Waals surface area contributed by atoms with Crippen LogP contribution in [-0.4, -0.2) is 40.2 Å². The van der Waals surface area contributed by atoms with E-state index in [-0.39, 0.29) is 18.4 Å². The maximum absolute atomic E-state index is 11.7. The molecule has 0 aliphatic heterocycles. The summed E-state index contributed by atoms with van der Waals surface area (Å²) in [5.41, 5.74) is 0.957. The number of carbonyl (C=O) groups excluding carboxylic acids is 1. The van der Waals surface area contributed by atoms with E-state index in [9.17, 15) is 9.59 Å². The van der Waals surface area contributed by atoms with Gasteiger partial charge in [-0.25, -0.2) is 9.78 Å². The molecule has 0 fully saturated rings. The summed E-state index contributed by atoms with van der Waals surface area (Å²) in [4.78, 5) is 29.3. The third-order valence-corrected chi connectivity index (χ3v) is 3.05. The summed E-state index contributed by atoms with van der Waals surface area (Å²) < 4.78 is 0. The maximum Gasteiger partial charge on any atom is 0.314 e. The highest BCUT2D eigenvalue weighted by Gasteiger charge is 2.15. The highest BCUT2D eigenvalue weighted by atomic mass is 16.4. The van der Waals surface area contributed by atoms with Crippen LogP contribution in [0.4, 0.5) is 4.79 Å². The Morgan fingerprint density at radius 2 is 2.14 bits per heavy atom. The molecule has 118 valence electrons. The second kappa shape index (κ2) is 8.99. The Bertz CT molecular complexity index is 431. The molecule has 1 aromatic rings. The van der Waals surface area contributed by atoms with E-state index in [4.69, 9.17) is 5.11 Å². The van der Waals surface area contributed by atoms with Gasteiger partial charge in [0.1, 0.15) is 0 Å². The van der Waals surface area contributed by atoms with Gasteiger partial charge in [-0.1, -0.05) is 13.8 Å². The molecule has 0 bridgehead atoms. The quantitative estimate of drug-likeness (QED) is 0.552. The fourth-order valence-corrected chi connectivity index (χ4v) is 2.18. The Hall–Kier alpha value is -2.05. The number of carboxylic acids is 1. The van der Waals surface area contributed by atoms with E-state index in [0.717, 1.165) is 12.1 Å². The third kappa shape index (κ3) is 7.96. The maximum atomic E-state index is 11.7. The predicted molar refractivity (Wildman–Crippen MR) is 78.9 cm³/mol. The summed E-state index contributed by atoms with van der Waals surface area (Å²) >= 11 is 0. The summed E-state index contributed by atoms with van der Waals surface area (Å²) in [6.45, 7) is 4.96. The van der Waals surface area contributed by atoms with Gasteiger partial charge < -0.3 is 20.7 Å². The van der Waals surface area contributed by atoms with Gasteiger partial charge in [0.2, 0.25) is 0 Å². The number of imidazole rings is 1. The zero-order valence-electron chi connectivity index (χ0n) is 12.6. The number of amides is 2. The fourth-order valence-electron chi connectivity index (χ4n) is 2.18. The number of aliphatic carboxylic acids is 1. The van der Waals surface area contributed by atoms with Crippen LogP contribution in [-0.2, 0) is 11.2 Å². The summed E-state index contributed by atoms with van der Waals surface area (Å²) in [5.74, 6) is -0.470. The molecule has 21 heavy (non-hydrogen) atoms. The van der Waals surface area contributed by atoms with Crippen molar-refractivity contribution in [3.05, 3.63) is 18.2 Å². The highest BCUT2D eigenvalue weighted by Crippen LogP contribution is 2.14. The van der Waals surface area contributed by atoms with Crippen LogP contribution in [0.1, 0.15) is 32.4 Å². The van der Waals surface area contributed by atoms with Crippen molar-refractivity contribution in [3.8, 4) is 0 Å². The molecule has 0 saturated heterocycles. The van der Waals surface area contributed by atoms with Crippen LogP contribution >= 0.6 is 0 Å². The Balaban J connectivity index is 2.23. The van der Waals surface area contributed by atoms with E-state index in [1.807, 2.05) is 13.8 Å². The zero-order chi connectivity index (χ0) is 15.7. The topological polar surface area (TPSA) is 107 Å². The van der Waals surface area contributed by atoms with Crippen LogP contribution in [0.15, 0.2) is 12.5 Å². The summed E-state index contributed by atoms with van der Waals surface area (Å²) in [7, 11) is 0. The fraction of sp³-hybridized carbons (Fsp3) is 0.643. The van der Waals surface area contributed by atoms with Crippen LogP contribution in [0.5, 0.6) is 0 Å². The van der Waals surface area contributed by atoms with E-state index in [2.05, 4.69) is 20.6 Å². The predicted octanol–water partition coefficient (Wildman–Crippen LogP) is 1.39. The number of carbonyl (C=O) groups is 2. The summed E-state index contributed by atoms with van der Waals surface area (Å²) in [6, 6.07) is -0.270. The van der Waals surface area contributed by atoms with Crippen molar-refractivity contribution in [3.63, 3.8) is 0 Å². The van der Waals surface area contributed by atoms with Gasteiger partial charge >= 0.3 is 12.0 Å². The number of aromatic nitrogens is 2. The van der Waals surface area contributed by atoms with E-state index < -0.39 is 5.97 Å². The van der Waals surface area contributed by atoms with E-state index in [1.54, 1.807) is 12.5 Å². The number of nitrogens with one attached hydrogen (secondary N) is 3. The first kappa shape index (κ1) is 17.0. The molecule has 0 spiro atoms. The van der Waals surface area contributed by atoms with Crippen molar-refractivity contribution < 1.29 is 14.7 Å². The van der Waals surface area contributed by atoms with Crippen molar-refractivity contribution in [2.24, 2.45) is 11.8 Å². The first-order valence-corrected chi connectivity index (χ1v) is 7.18. The second-order valence-electron chi connectivity index (χ2n) is 5.56. The summed E-state index contributed by atoms with van der Waals surface area (Å²) in [6.07, 6.45) is 4.84. The molecule has 0 aliphatic carbocycles. The Labute approximate surface area is 124 Å². The number of urea groups is 1. The van der Waals surface area contributed by atoms with Crippen LogP contribution in [0.2, 0.25) is 0 Å². The number of hydrogen-bond acceptors (Lipinski definition) is 3. The molecule has 0 aromatic carbocycles. The molecule has 1 atom stereocenters. The van der Waals surface area contributed by atoms with Gasteiger partial charge in [0, 0.05) is 37.8 Å². The van der Waals surface area contributed by atoms with Gasteiger partial charge in [-0.05, 0) is 18.3 Å². The molecule has 1 unspecified atom stereocenters. The SMILES string of the molecule is CC(C)CC(CNC(=O)NCCc1cnc[nH]1)CC(=O)O. The van der Waals surface area contributed by atoms with Gasteiger partial charge in [-0.15, -0.1) is 0 Å². The molecule has 1 heterocycles. The van der Waals surface area contributed by atoms with Gasteiger partial charge in [-0.3, -0.25) is 4.79 Å². The van der Waals surface area contributed by atoms with Gasteiger partial charge in [0.25, 0.3) is 0 Å². The third-order valence-electron chi connectivity index (χ3n) is 3.05. The zero-order valence-corrected chi connectivity index (χ0v) is 12.6. The van der Waals surface area contributed by atoms with E-state index in [0.29, 0.717) is 25.4 Å². The molecule has 1 aromatic heterocycles. The lowest BCUT2D eigenvalue weighted by Crippen LogP contribution is -2.39. The number of aromatic amines is 1. The van der Waals surface area contributed by atoms with Crippen molar-refractivity contribution in [1.29, 1.82) is 0 Å². The highest BCUT2D eigenvalue weighted by molar-refractivity contribution is 5.74. The van der Waals surface area contributed by atoms with E-state index in [1.165, 1.54) is 0 Å². The Kier molecular flexibility index (Phi) is 7.28. The van der Waals surface area contributed by atoms with Crippen molar-refractivity contribution in [2.45, 2.75) is 33.1 Å². The average molecular weight is 296 g/mol. The van der Waals surface area contributed by atoms with Crippen LogP contribution in [0, 0.1) is 11.8 Å². The molecule has 1 rings (SSSR count). The van der Waals surface area contributed by atoms with Crippen molar-refractivity contribution >= 4 is 12.0 Å². The molecule has 0 radical (unpaired) electrons. The normalized spacial score (nSPS) is 12.1. The monoisotopic (exact) mass is 296 g/mol. The molecule has 0 aliphatic rings. The van der Waals surface area contributed by atoms with Crippen LogP contribution in [0.3, 0.4) is 0 Å². The molecular weight excluding hydrogens is 272 g/mol. The lowest BCUT2D eigenvalue weighted by Gasteiger charge is -2.18. The second-order valence-corrected chi connectivity index (χ2v) is 5.56. The Morgan fingerprint density at radius 3 is 2.71 bits per heavy atom. The largest absolute Gasteiger partial charge is 0.481 e. The summed E-state index contributed by atoms with van der Waals surface area (Å²) in [5, 5.41) is 14.3.